The van der Waals surface area contributed by atoms with E-state index in [1.165, 1.54) is 0 Å². The zero-order chi connectivity index (χ0) is 32.2. The predicted molar refractivity (Wildman–Crippen MR) is 171 cm³/mol. The van der Waals surface area contributed by atoms with Crippen LogP contribution in [-0.4, -0.2) is 48.0 Å². The summed E-state index contributed by atoms with van der Waals surface area (Å²) in [7, 11) is -3.98. The quantitative estimate of drug-likeness (QED) is 0.271. The summed E-state index contributed by atoms with van der Waals surface area (Å²) in [6.07, 6.45) is 3.61. The molecule has 246 valence electrons. The first-order valence-corrected chi connectivity index (χ1v) is 22.3. The average molecular weight is 634 g/mol. The van der Waals surface area contributed by atoms with Gasteiger partial charge in [0, 0.05) is 19.3 Å². The van der Waals surface area contributed by atoms with Crippen LogP contribution >= 0.6 is 0 Å². The van der Waals surface area contributed by atoms with Crippen LogP contribution in [0.3, 0.4) is 0 Å². The molecule has 42 heavy (non-hydrogen) atoms. The van der Waals surface area contributed by atoms with Gasteiger partial charge in [-0.15, -0.1) is 0 Å². The molecule has 9 heteroatoms. The molecule has 7 atom stereocenters. The van der Waals surface area contributed by atoms with Crippen molar-refractivity contribution in [1.29, 1.82) is 0 Å². The van der Waals surface area contributed by atoms with E-state index in [0.29, 0.717) is 12.5 Å². The third-order valence-corrected chi connectivity index (χ3v) is 22.1. The number of amides is 1. The zero-order valence-corrected chi connectivity index (χ0v) is 30.8. The largest absolute Gasteiger partial charge is 0.471 e. The van der Waals surface area contributed by atoms with Crippen LogP contribution in [0.25, 0.3) is 0 Å². The summed E-state index contributed by atoms with van der Waals surface area (Å²) >= 11 is 0. The summed E-state index contributed by atoms with van der Waals surface area (Å²) in [5.41, 5.74) is 0.0590. The second-order valence-electron chi connectivity index (χ2n) is 17.7. The van der Waals surface area contributed by atoms with E-state index in [1.54, 1.807) is 0 Å². The van der Waals surface area contributed by atoms with Crippen molar-refractivity contribution in [2.45, 2.75) is 155 Å². The maximum Gasteiger partial charge on any atom is 0.471 e. The number of alkyl halides is 3. The SMILES string of the molecule is CC(C)(C)[Si](C)(C)OC[C@H]1C[C@@H](O[Si](C)(C)C(C)(C)C)CC[C@]1(C)[C@H]1CC[C@]2(C)CCC[C@H]2[C@@H]1CNC(=O)C(F)(F)F. The fourth-order valence-corrected chi connectivity index (χ4v) is 10.5. The second-order valence-corrected chi connectivity index (χ2v) is 27.3. The first-order valence-electron chi connectivity index (χ1n) is 16.5. The number of fused-ring (bicyclic) bond motifs is 1. The van der Waals surface area contributed by atoms with Gasteiger partial charge in [-0.2, -0.15) is 13.2 Å². The number of nitrogens with one attached hydrogen (secondary N) is 1. The number of hydrogen-bond donors (Lipinski definition) is 1. The summed E-state index contributed by atoms with van der Waals surface area (Å²) in [5.74, 6) is -0.933. The van der Waals surface area contributed by atoms with Gasteiger partial charge in [0.1, 0.15) is 0 Å². The normalized spacial score (nSPS) is 35.2. The van der Waals surface area contributed by atoms with Crippen LogP contribution in [-0.2, 0) is 13.6 Å². The number of carbonyl (C=O) groups is 1. The highest BCUT2D eigenvalue weighted by Crippen LogP contribution is 2.62. The Kier molecular flexibility index (Phi) is 10.4. The van der Waals surface area contributed by atoms with Gasteiger partial charge in [-0.05, 0) is 116 Å². The Balaban J connectivity index is 1.95. The Hall–Kier alpha value is -0.386. The van der Waals surface area contributed by atoms with E-state index in [9.17, 15) is 18.0 Å². The molecule has 0 unspecified atom stereocenters. The van der Waals surface area contributed by atoms with Gasteiger partial charge >= 0.3 is 12.1 Å². The van der Waals surface area contributed by atoms with E-state index in [1.807, 2.05) is 0 Å². The van der Waals surface area contributed by atoms with Gasteiger partial charge in [0.25, 0.3) is 0 Å². The van der Waals surface area contributed by atoms with E-state index >= 15 is 0 Å². The molecule has 0 radical (unpaired) electrons. The van der Waals surface area contributed by atoms with Crippen LogP contribution in [0.4, 0.5) is 13.2 Å². The highest BCUT2D eigenvalue weighted by atomic mass is 28.4. The first kappa shape index (κ1) is 36.1. The van der Waals surface area contributed by atoms with Crippen molar-refractivity contribution in [2.24, 2.45) is 34.5 Å². The molecule has 4 nitrogen and oxygen atoms in total. The molecule has 0 spiro atoms. The molecule has 0 saturated heterocycles. The Bertz CT molecular complexity index is 958. The van der Waals surface area contributed by atoms with Crippen LogP contribution in [0.1, 0.15) is 107 Å². The van der Waals surface area contributed by atoms with Gasteiger partial charge in [0.15, 0.2) is 16.6 Å². The topological polar surface area (TPSA) is 47.6 Å². The fourth-order valence-electron chi connectivity index (χ4n) is 8.05. The molecule has 0 bridgehead atoms. The number of halogens is 3. The van der Waals surface area contributed by atoms with Crippen molar-refractivity contribution in [3.63, 3.8) is 0 Å². The lowest BCUT2D eigenvalue weighted by molar-refractivity contribution is -0.174. The Labute approximate surface area is 257 Å². The van der Waals surface area contributed by atoms with Crippen molar-refractivity contribution in [3.8, 4) is 0 Å². The van der Waals surface area contributed by atoms with E-state index in [2.05, 4.69) is 86.9 Å². The number of carbonyl (C=O) groups excluding carboxylic acids is 1. The summed E-state index contributed by atoms with van der Waals surface area (Å²) in [5, 5.41) is 2.57. The van der Waals surface area contributed by atoms with Gasteiger partial charge in [0.2, 0.25) is 0 Å². The van der Waals surface area contributed by atoms with Crippen molar-refractivity contribution in [3.05, 3.63) is 0 Å². The highest BCUT2D eigenvalue weighted by Gasteiger charge is 2.57. The lowest BCUT2D eigenvalue weighted by Crippen LogP contribution is -2.56. The van der Waals surface area contributed by atoms with Crippen LogP contribution in [0.5, 0.6) is 0 Å². The van der Waals surface area contributed by atoms with Crippen LogP contribution in [0, 0.1) is 34.5 Å². The van der Waals surface area contributed by atoms with E-state index < -0.39 is 28.7 Å². The number of rotatable bonds is 8. The van der Waals surface area contributed by atoms with Crippen LogP contribution < -0.4 is 5.32 Å². The summed E-state index contributed by atoms with van der Waals surface area (Å²) < 4.78 is 53.7. The molecule has 0 aromatic carbocycles. The first-order chi connectivity index (χ1) is 18.8. The molecule has 3 saturated carbocycles. The molecule has 3 rings (SSSR count). The van der Waals surface area contributed by atoms with Crippen LogP contribution in [0.15, 0.2) is 0 Å². The molecule has 0 heterocycles. The van der Waals surface area contributed by atoms with Gasteiger partial charge < -0.3 is 14.2 Å². The second kappa shape index (κ2) is 12.1. The van der Waals surface area contributed by atoms with E-state index in [4.69, 9.17) is 8.85 Å². The fraction of sp³-hybridized carbons (Fsp3) is 0.970. The minimum absolute atomic E-state index is 0.0378. The summed E-state index contributed by atoms with van der Waals surface area (Å²) in [6, 6.07) is 0. The molecule has 0 aliphatic heterocycles. The molecular formula is C33H62F3NO3Si2. The molecule has 3 aliphatic carbocycles. The standard InChI is InChI=1S/C33H62F3NO3Si2/c1-29(2,3)41(9,10)39-22-23-20-24(40-42(11,12)30(4,5)6)15-19-32(23,8)27-16-18-31(7)17-13-14-26(31)25(27)21-37-28(38)33(34,35)36/h23-27H,13-22H2,1-12H3,(H,37,38)/t23-,24+,25+,26+,27+,31+,32+/m1/s1. The van der Waals surface area contributed by atoms with E-state index in [0.717, 1.165) is 51.4 Å². The predicted octanol–water partition coefficient (Wildman–Crippen LogP) is 9.72. The minimum atomic E-state index is -4.86. The lowest BCUT2D eigenvalue weighted by Gasteiger charge is -2.58. The maximum absolute atomic E-state index is 13.3. The Morgan fingerprint density at radius 1 is 0.857 bits per heavy atom. The third-order valence-electron chi connectivity index (χ3n) is 13.0. The Morgan fingerprint density at radius 2 is 1.45 bits per heavy atom. The molecular weight excluding hydrogens is 572 g/mol. The molecule has 1 N–H and O–H groups in total. The monoisotopic (exact) mass is 633 g/mol. The zero-order valence-electron chi connectivity index (χ0n) is 28.8. The molecule has 0 aromatic heterocycles. The van der Waals surface area contributed by atoms with E-state index in [-0.39, 0.29) is 51.3 Å². The molecule has 1 amide bonds. The minimum Gasteiger partial charge on any atom is -0.417 e. The van der Waals surface area contributed by atoms with Crippen molar-refractivity contribution in [1.82, 2.24) is 5.32 Å². The van der Waals surface area contributed by atoms with Gasteiger partial charge in [-0.25, -0.2) is 0 Å². The smallest absolute Gasteiger partial charge is 0.417 e. The summed E-state index contributed by atoms with van der Waals surface area (Å²) in [4.78, 5) is 12.0. The summed E-state index contributed by atoms with van der Waals surface area (Å²) in [6.45, 7) is 28.4. The molecule has 3 fully saturated rings. The maximum atomic E-state index is 13.3. The van der Waals surface area contributed by atoms with Gasteiger partial charge in [-0.1, -0.05) is 61.8 Å². The highest BCUT2D eigenvalue weighted by molar-refractivity contribution is 6.74. The number of hydrogen-bond acceptors (Lipinski definition) is 3. The van der Waals surface area contributed by atoms with Gasteiger partial charge in [-0.3, -0.25) is 4.79 Å². The van der Waals surface area contributed by atoms with Crippen LogP contribution in [0.2, 0.25) is 36.3 Å². The third kappa shape index (κ3) is 7.52. The van der Waals surface area contributed by atoms with Gasteiger partial charge in [0.05, 0.1) is 0 Å². The van der Waals surface area contributed by atoms with Crippen molar-refractivity contribution >= 4 is 22.5 Å². The Morgan fingerprint density at radius 3 is 2.00 bits per heavy atom. The average Bonchev–Trinajstić information content (AvgIpc) is 3.22. The molecule has 0 aromatic rings. The van der Waals surface area contributed by atoms with Crippen molar-refractivity contribution < 1.29 is 26.8 Å². The van der Waals surface area contributed by atoms with Crippen molar-refractivity contribution in [2.75, 3.05) is 13.2 Å². The lowest BCUT2D eigenvalue weighted by atomic mass is 9.49. The molecule has 3 aliphatic rings.